The van der Waals surface area contributed by atoms with E-state index in [-0.39, 0.29) is 30.1 Å². The Morgan fingerprint density at radius 3 is 2.59 bits per heavy atom. The molecule has 0 aliphatic heterocycles. The van der Waals surface area contributed by atoms with Gasteiger partial charge in [-0.3, -0.25) is 14.9 Å². The lowest BCUT2D eigenvalue weighted by molar-refractivity contribution is 0.0951. The molecule has 0 spiro atoms. The van der Waals surface area contributed by atoms with Gasteiger partial charge in [-0.25, -0.2) is 4.39 Å². The fourth-order valence-electron chi connectivity index (χ4n) is 6.07. The van der Waals surface area contributed by atoms with Crippen LogP contribution in [0.15, 0.2) is 40.0 Å². The number of rotatable bonds is 8. The van der Waals surface area contributed by atoms with Crippen LogP contribution in [0.25, 0.3) is 10.9 Å². The summed E-state index contributed by atoms with van der Waals surface area (Å²) in [6, 6.07) is 10.5. The molecule has 37 heavy (non-hydrogen) atoms. The molecule has 0 saturated heterocycles. The molecule has 3 N–H and O–H groups in total. The van der Waals surface area contributed by atoms with Gasteiger partial charge < -0.3 is 14.9 Å². The third-order valence-electron chi connectivity index (χ3n) is 8.27. The summed E-state index contributed by atoms with van der Waals surface area (Å²) in [6.45, 7) is 6.29. The Kier molecular flexibility index (Phi) is 7.24. The predicted molar refractivity (Wildman–Crippen MR) is 148 cm³/mol. The van der Waals surface area contributed by atoms with Gasteiger partial charge in [0.15, 0.2) is 5.79 Å². The van der Waals surface area contributed by atoms with Gasteiger partial charge in [0, 0.05) is 51.4 Å². The quantitative estimate of drug-likeness (QED) is 0.258. The van der Waals surface area contributed by atoms with E-state index in [1.165, 1.54) is 11.8 Å². The minimum atomic E-state index is -1.11. The van der Waals surface area contributed by atoms with Crippen LogP contribution < -0.4 is 16.2 Å². The predicted octanol–water partition coefficient (Wildman–Crippen LogP) is 5.77. The molecule has 1 atom stereocenters. The van der Waals surface area contributed by atoms with Crippen LogP contribution in [0, 0.1) is 19.8 Å². The van der Waals surface area contributed by atoms with E-state index in [0.29, 0.717) is 29.9 Å². The van der Waals surface area contributed by atoms with E-state index in [2.05, 4.69) is 33.2 Å². The maximum atomic E-state index is 14.2. The van der Waals surface area contributed by atoms with E-state index in [0.717, 1.165) is 52.9 Å². The maximum absolute atomic E-state index is 14.2. The number of aromatic amines is 1. The second kappa shape index (κ2) is 10.3. The number of nitrogens with zero attached hydrogens (tertiary/aromatic N) is 1. The summed E-state index contributed by atoms with van der Waals surface area (Å²) in [6.07, 6.45) is 7.25. The summed E-state index contributed by atoms with van der Waals surface area (Å²) in [5.41, 5.74) is 3.88. The first kappa shape index (κ1) is 26.0. The average molecular weight is 525 g/mol. The Bertz CT molecular complexity index is 1370. The Hall–Kier alpha value is -2.58. The molecule has 2 aromatic heterocycles. The molecule has 0 bridgehead atoms. The number of thioether (sulfide) groups is 1. The van der Waals surface area contributed by atoms with Crippen LogP contribution in [-0.4, -0.2) is 33.5 Å². The van der Waals surface area contributed by atoms with E-state index in [1.807, 2.05) is 44.4 Å². The number of hydrogen-bond acceptors (Lipinski definition) is 4. The highest BCUT2D eigenvalue weighted by atomic mass is 32.2. The summed E-state index contributed by atoms with van der Waals surface area (Å²) in [7, 11) is 0. The number of pyridine rings is 1. The largest absolute Gasteiger partial charge is 0.348 e. The molecule has 0 radical (unpaired) electrons. The standard InChI is InChI=1S/C29H37FN4O2S/c1-17-15-25(37-4)23(27(35)32-17)16-31-28(36)26-19(3)34(24-8-6-5-7-22(24)26)18(2)20-9-11-21(12-10-20)33-29(30)13-14-29/h5-8,15,18,20-21,33H,9-14,16H2,1-4H3,(H,31,36)(H,32,35)/t18-,20?,21?/m1/s1. The van der Waals surface area contributed by atoms with Crippen LogP contribution in [0.4, 0.5) is 4.39 Å². The van der Waals surface area contributed by atoms with Crippen molar-refractivity contribution in [2.45, 2.75) is 88.6 Å². The molecule has 8 heteroatoms. The van der Waals surface area contributed by atoms with Crippen LogP contribution in [0.5, 0.6) is 0 Å². The summed E-state index contributed by atoms with van der Waals surface area (Å²) >= 11 is 1.51. The number of carbonyl (C=O) groups excluding carboxylic acids is 1. The van der Waals surface area contributed by atoms with Gasteiger partial charge in [-0.05, 0) is 83.6 Å². The van der Waals surface area contributed by atoms with Crippen molar-refractivity contribution in [2.75, 3.05) is 6.26 Å². The number of para-hydroxylation sites is 1. The zero-order valence-electron chi connectivity index (χ0n) is 22.1. The molecule has 0 unspecified atom stereocenters. The Labute approximate surface area is 221 Å². The number of H-pyrrole nitrogens is 1. The first-order valence-corrected chi connectivity index (χ1v) is 14.5. The number of fused-ring (bicyclic) bond motifs is 1. The third kappa shape index (κ3) is 5.23. The number of nitrogens with one attached hydrogen (secondary N) is 3. The summed E-state index contributed by atoms with van der Waals surface area (Å²) in [5, 5.41) is 7.16. The van der Waals surface area contributed by atoms with Crippen LogP contribution >= 0.6 is 11.8 Å². The molecule has 5 rings (SSSR count). The van der Waals surface area contributed by atoms with Crippen molar-refractivity contribution in [3.05, 3.63) is 63.2 Å². The van der Waals surface area contributed by atoms with Gasteiger partial charge in [0.2, 0.25) is 0 Å². The summed E-state index contributed by atoms with van der Waals surface area (Å²) < 4.78 is 16.5. The Balaban J connectivity index is 1.37. The van der Waals surface area contributed by atoms with E-state index in [4.69, 9.17) is 0 Å². The molecule has 3 aromatic rings. The van der Waals surface area contributed by atoms with Gasteiger partial charge >= 0.3 is 0 Å². The lowest BCUT2D eigenvalue weighted by atomic mass is 9.81. The number of aryl methyl sites for hydroxylation is 1. The zero-order valence-corrected chi connectivity index (χ0v) is 22.9. The topological polar surface area (TPSA) is 78.9 Å². The van der Waals surface area contributed by atoms with Gasteiger partial charge in [-0.15, -0.1) is 11.8 Å². The second-order valence-corrected chi connectivity index (χ2v) is 11.7. The minimum absolute atomic E-state index is 0.164. The molecule has 1 aromatic carbocycles. The minimum Gasteiger partial charge on any atom is -0.348 e. The van der Waals surface area contributed by atoms with Gasteiger partial charge in [0.05, 0.1) is 5.56 Å². The zero-order chi connectivity index (χ0) is 26.3. The number of halogens is 1. The van der Waals surface area contributed by atoms with Crippen molar-refractivity contribution in [3.63, 3.8) is 0 Å². The fraction of sp³-hybridized carbons (Fsp3) is 0.517. The van der Waals surface area contributed by atoms with Crippen molar-refractivity contribution in [3.8, 4) is 0 Å². The maximum Gasteiger partial charge on any atom is 0.254 e. The van der Waals surface area contributed by atoms with Crippen molar-refractivity contribution in [1.29, 1.82) is 0 Å². The van der Waals surface area contributed by atoms with Crippen molar-refractivity contribution >= 4 is 28.6 Å². The van der Waals surface area contributed by atoms with Crippen LogP contribution in [0.3, 0.4) is 0 Å². The van der Waals surface area contributed by atoms with E-state index < -0.39 is 5.79 Å². The van der Waals surface area contributed by atoms with Gasteiger partial charge in [0.1, 0.15) is 0 Å². The number of carbonyl (C=O) groups is 1. The smallest absolute Gasteiger partial charge is 0.254 e. The van der Waals surface area contributed by atoms with Crippen LogP contribution in [0.2, 0.25) is 0 Å². The molecule has 2 aliphatic carbocycles. The lowest BCUT2D eigenvalue weighted by Gasteiger charge is -2.35. The molecular weight excluding hydrogens is 487 g/mol. The second-order valence-electron chi connectivity index (χ2n) is 10.8. The number of hydrogen-bond donors (Lipinski definition) is 3. The molecule has 1 amide bonds. The first-order chi connectivity index (χ1) is 17.7. The normalized spacial score (nSPS) is 21.6. The highest BCUT2D eigenvalue weighted by molar-refractivity contribution is 7.98. The monoisotopic (exact) mass is 524 g/mol. The van der Waals surface area contributed by atoms with Crippen molar-refractivity contribution in [2.24, 2.45) is 5.92 Å². The number of aromatic nitrogens is 2. The Morgan fingerprint density at radius 1 is 1.22 bits per heavy atom. The molecule has 2 aliphatic rings. The molecule has 6 nitrogen and oxygen atoms in total. The van der Waals surface area contributed by atoms with Crippen LogP contribution in [-0.2, 0) is 6.54 Å². The lowest BCUT2D eigenvalue weighted by Crippen LogP contribution is -2.40. The number of benzene rings is 1. The summed E-state index contributed by atoms with van der Waals surface area (Å²) in [4.78, 5) is 29.8. The third-order valence-corrected chi connectivity index (χ3v) is 9.08. The summed E-state index contributed by atoms with van der Waals surface area (Å²) in [5.74, 6) is -0.815. The molecule has 198 valence electrons. The molecule has 2 fully saturated rings. The first-order valence-electron chi connectivity index (χ1n) is 13.3. The Morgan fingerprint density at radius 2 is 1.92 bits per heavy atom. The van der Waals surface area contributed by atoms with Crippen molar-refractivity contribution < 1.29 is 9.18 Å². The van der Waals surface area contributed by atoms with Gasteiger partial charge in [-0.1, -0.05) is 18.2 Å². The number of alkyl halides is 1. The van der Waals surface area contributed by atoms with E-state index >= 15 is 0 Å². The van der Waals surface area contributed by atoms with Gasteiger partial charge in [0.25, 0.3) is 11.5 Å². The molecular formula is C29H37FN4O2S. The average Bonchev–Trinajstić information content (AvgIpc) is 3.52. The van der Waals surface area contributed by atoms with E-state index in [1.54, 1.807) is 0 Å². The van der Waals surface area contributed by atoms with Crippen molar-refractivity contribution in [1.82, 2.24) is 20.2 Å². The van der Waals surface area contributed by atoms with Gasteiger partial charge in [-0.2, -0.15) is 0 Å². The highest BCUT2D eigenvalue weighted by Crippen LogP contribution is 2.41. The number of amides is 1. The molecule has 2 saturated carbocycles. The molecule has 2 heterocycles. The SMILES string of the molecule is CSc1cc(C)[nH]c(=O)c1CNC(=O)c1c(C)n([C@H](C)C2CCC(NC3(F)CC3)CC2)c2ccccc12. The fourth-order valence-corrected chi connectivity index (χ4v) is 6.78. The van der Waals surface area contributed by atoms with Crippen LogP contribution in [0.1, 0.15) is 78.8 Å². The van der Waals surface area contributed by atoms with E-state index in [9.17, 15) is 14.0 Å². The highest BCUT2D eigenvalue weighted by Gasteiger charge is 2.45.